The second-order valence-corrected chi connectivity index (χ2v) is 4.32. The number of hydrogen-bond acceptors (Lipinski definition) is 4. The van der Waals surface area contributed by atoms with Gasteiger partial charge in [-0.15, -0.1) is 0 Å². The number of hydrogen-bond donors (Lipinski definition) is 0. The zero-order chi connectivity index (χ0) is 13.1. The quantitative estimate of drug-likeness (QED) is 0.770. The fraction of sp³-hybridized carbons (Fsp3) is 0.429. The van der Waals surface area contributed by atoms with Crippen molar-refractivity contribution in [3.63, 3.8) is 0 Å². The Hall–Kier alpha value is -1.84. The molecule has 0 atom stereocenters. The summed E-state index contributed by atoms with van der Waals surface area (Å²) in [6.07, 6.45) is 2.91. The van der Waals surface area contributed by atoms with Crippen molar-refractivity contribution >= 4 is 0 Å². The molecule has 0 unspecified atom stereocenters. The van der Waals surface area contributed by atoms with Gasteiger partial charge in [-0.3, -0.25) is 0 Å². The van der Waals surface area contributed by atoms with Gasteiger partial charge >= 0.3 is 0 Å². The van der Waals surface area contributed by atoms with Gasteiger partial charge in [-0.1, -0.05) is 11.6 Å². The zero-order valence-corrected chi connectivity index (χ0v) is 11.2. The molecule has 1 aromatic carbocycles. The molecule has 98 valence electrons. The van der Waals surface area contributed by atoms with Crippen LogP contribution in [-0.2, 0) is 6.42 Å². The Morgan fingerprint density at radius 2 is 1.94 bits per heavy atom. The van der Waals surface area contributed by atoms with Gasteiger partial charge in [-0.25, -0.2) is 0 Å². The summed E-state index contributed by atoms with van der Waals surface area (Å²) < 4.78 is 21.6. The van der Waals surface area contributed by atoms with E-state index in [-0.39, 0.29) is 6.79 Å². The topological polar surface area (TPSA) is 36.9 Å². The molecule has 1 aliphatic rings. The first-order valence-corrected chi connectivity index (χ1v) is 5.84. The van der Waals surface area contributed by atoms with Crippen LogP contribution in [0.1, 0.15) is 19.4 Å². The molecule has 0 saturated carbocycles. The van der Waals surface area contributed by atoms with Gasteiger partial charge in [-0.2, -0.15) is 0 Å². The largest absolute Gasteiger partial charge is 0.493 e. The van der Waals surface area contributed by atoms with Gasteiger partial charge in [0.2, 0.25) is 18.3 Å². The number of fused-ring (bicyclic) bond motifs is 1. The summed E-state index contributed by atoms with van der Waals surface area (Å²) in [6.45, 7) is 4.33. The molecule has 4 nitrogen and oxygen atoms in total. The lowest BCUT2D eigenvalue weighted by Gasteiger charge is -2.13. The molecule has 18 heavy (non-hydrogen) atoms. The van der Waals surface area contributed by atoms with Crippen molar-refractivity contribution in [2.24, 2.45) is 0 Å². The van der Waals surface area contributed by atoms with Crippen LogP contribution in [0.2, 0.25) is 0 Å². The number of methoxy groups -OCH3 is 2. The van der Waals surface area contributed by atoms with Crippen molar-refractivity contribution in [2.75, 3.05) is 21.0 Å². The minimum absolute atomic E-state index is 0.203. The molecule has 4 heteroatoms. The average molecular weight is 250 g/mol. The van der Waals surface area contributed by atoms with E-state index in [1.165, 1.54) is 5.57 Å². The zero-order valence-electron chi connectivity index (χ0n) is 11.2. The van der Waals surface area contributed by atoms with E-state index in [4.69, 9.17) is 18.9 Å². The number of ether oxygens (including phenoxy) is 4. The molecule has 0 saturated heterocycles. The second kappa shape index (κ2) is 5.21. The van der Waals surface area contributed by atoms with Gasteiger partial charge in [0.1, 0.15) is 0 Å². The Labute approximate surface area is 107 Å². The minimum atomic E-state index is 0.203. The molecule has 1 heterocycles. The van der Waals surface area contributed by atoms with Crippen LogP contribution >= 0.6 is 0 Å². The van der Waals surface area contributed by atoms with E-state index in [1.807, 2.05) is 6.07 Å². The molecular weight excluding hydrogens is 232 g/mol. The maximum Gasteiger partial charge on any atom is 0.231 e. The first kappa shape index (κ1) is 12.6. The highest BCUT2D eigenvalue weighted by atomic mass is 16.7. The van der Waals surface area contributed by atoms with Crippen LogP contribution in [0.15, 0.2) is 17.7 Å². The van der Waals surface area contributed by atoms with Crippen molar-refractivity contribution in [2.45, 2.75) is 20.3 Å². The number of benzene rings is 1. The fourth-order valence-electron chi connectivity index (χ4n) is 1.91. The van der Waals surface area contributed by atoms with Crippen molar-refractivity contribution in [1.29, 1.82) is 0 Å². The molecule has 0 aromatic heterocycles. The van der Waals surface area contributed by atoms with E-state index in [0.717, 1.165) is 17.7 Å². The average Bonchev–Trinajstić information content (AvgIpc) is 2.83. The Morgan fingerprint density at radius 1 is 1.22 bits per heavy atom. The van der Waals surface area contributed by atoms with E-state index in [1.54, 1.807) is 14.2 Å². The van der Waals surface area contributed by atoms with Gasteiger partial charge in [-0.05, 0) is 26.3 Å². The van der Waals surface area contributed by atoms with Crippen LogP contribution in [0.4, 0.5) is 0 Å². The molecule has 0 bridgehead atoms. The third-order valence-corrected chi connectivity index (χ3v) is 2.79. The summed E-state index contributed by atoms with van der Waals surface area (Å²) in [6, 6.07) is 1.94. The standard InChI is InChI=1S/C14H18O4/c1-9(2)5-6-10-7-11(15-3)13-14(12(10)16-4)18-8-17-13/h5,7H,6,8H2,1-4H3. The van der Waals surface area contributed by atoms with E-state index in [0.29, 0.717) is 17.2 Å². The molecule has 2 rings (SSSR count). The molecular formula is C14H18O4. The Balaban J connectivity index is 2.48. The summed E-state index contributed by atoms with van der Waals surface area (Å²) in [5.74, 6) is 2.66. The lowest BCUT2D eigenvalue weighted by molar-refractivity contribution is 0.168. The third kappa shape index (κ3) is 2.23. The summed E-state index contributed by atoms with van der Waals surface area (Å²) in [5.41, 5.74) is 2.29. The minimum Gasteiger partial charge on any atom is -0.493 e. The predicted octanol–water partition coefficient (Wildman–Crippen LogP) is 2.94. The van der Waals surface area contributed by atoms with Gasteiger partial charge in [0.15, 0.2) is 11.5 Å². The Morgan fingerprint density at radius 3 is 2.56 bits per heavy atom. The smallest absolute Gasteiger partial charge is 0.231 e. The first-order chi connectivity index (χ1) is 8.67. The summed E-state index contributed by atoms with van der Waals surface area (Å²) in [7, 11) is 3.25. The third-order valence-electron chi connectivity index (χ3n) is 2.79. The van der Waals surface area contributed by atoms with Crippen molar-refractivity contribution < 1.29 is 18.9 Å². The highest BCUT2D eigenvalue weighted by Gasteiger charge is 2.26. The van der Waals surface area contributed by atoms with Gasteiger partial charge in [0, 0.05) is 5.56 Å². The highest BCUT2D eigenvalue weighted by molar-refractivity contribution is 5.64. The molecule has 0 fully saturated rings. The maximum atomic E-state index is 5.46. The Bertz CT molecular complexity index is 473. The van der Waals surface area contributed by atoms with Gasteiger partial charge < -0.3 is 18.9 Å². The van der Waals surface area contributed by atoms with Crippen LogP contribution in [0, 0.1) is 0 Å². The van der Waals surface area contributed by atoms with Crippen LogP contribution in [0.25, 0.3) is 0 Å². The lowest BCUT2D eigenvalue weighted by Crippen LogP contribution is -1.96. The highest BCUT2D eigenvalue weighted by Crippen LogP contribution is 2.49. The summed E-state index contributed by atoms with van der Waals surface area (Å²) in [5, 5.41) is 0. The van der Waals surface area contributed by atoms with Gasteiger partial charge in [0.25, 0.3) is 0 Å². The fourth-order valence-corrected chi connectivity index (χ4v) is 1.91. The monoisotopic (exact) mass is 250 g/mol. The molecule has 0 radical (unpaired) electrons. The van der Waals surface area contributed by atoms with E-state index in [9.17, 15) is 0 Å². The van der Waals surface area contributed by atoms with Crippen molar-refractivity contribution in [3.05, 3.63) is 23.3 Å². The SMILES string of the molecule is COc1cc(CC=C(C)C)c(OC)c2c1OCO2. The van der Waals surface area contributed by atoms with Gasteiger partial charge in [0.05, 0.1) is 14.2 Å². The Kier molecular flexibility index (Phi) is 3.65. The predicted molar refractivity (Wildman–Crippen MR) is 68.8 cm³/mol. The normalized spacial score (nSPS) is 12.2. The molecule has 0 aliphatic carbocycles. The first-order valence-electron chi connectivity index (χ1n) is 5.84. The van der Waals surface area contributed by atoms with Crippen LogP contribution in [0.5, 0.6) is 23.0 Å². The number of allylic oxidation sites excluding steroid dienone is 2. The molecule has 0 N–H and O–H groups in total. The van der Waals surface area contributed by atoms with Crippen LogP contribution in [-0.4, -0.2) is 21.0 Å². The summed E-state index contributed by atoms with van der Waals surface area (Å²) >= 11 is 0. The lowest BCUT2D eigenvalue weighted by atomic mass is 10.1. The van der Waals surface area contributed by atoms with E-state index >= 15 is 0 Å². The van der Waals surface area contributed by atoms with E-state index < -0.39 is 0 Å². The number of rotatable bonds is 4. The van der Waals surface area contributed by atoms with Crippen molar-refractivity contribution in [3.8, 4) is 23.0 Å². The van der Waals surface area contributed by atoms with Crippen molar-refractivity contribution in [1.82, 2.24) is 0 Å². The molecule has 1 aromatic rings. The van der Waals surface area contributed by atoms with Crippen LogP contribution < -0.4 is 18.9 Å². The maximum absolute atomic E-state index is 5.46. The van der Waals surface area contributed by atoms with Crippen LogP contribution in [0.3, 0.4) is 0 Å². The molecule has 0 spiro atoms. The second-order valence-electron chi connectivity index (χ2n) is 4.32. The molecule has 1 aliphatic heterocycles. The molecule has 0 amide bonds. The van der Waals surface area contributed by atoms with E-state index in [2.05, 4.69) is 19.9 Å². The summed E-state index contributed by atoms with van der Waals surface area (Å²) in [4.78, 5) is 0.